The van der Waals surface area contributed by atoms with Crippen LogP contribution < -0.4 is 0 Å². The lowest BCUT2D eigenvalue weighted by Crippen LogP contribution is -2.41. The Morgan fingerprint density at radius 3 is 2.82 bits per heavy atom. The van der Waals surface area contributed by atoms with Crippen LogP contribution in [0, 0.1) is 0 Å². The van der Waals surface area contributed by atoms with Crippen molar-refractivity contribution >= 4 is 11.4 Å². The zero-order valence-electron chi connectivity index (χ0n) is 17.3. The topological polar surface area (TPSA) is 131 Å². The molecule has 1 aliphatic rings. The molecule has 1 atom stereocenters. The van der Waals surface area contributed by atoms with E-state index in [1.807, 2.05) is 0 Å². The Kier molecular flexibility index (Phi) is 4.60. The summed E-state index contributed by atoms with van der Waals surface area (Å²) in [6.07, 6.45) is 2.37. The molecule has 1 N–H and O–H groups in total. The van der Waals surface area contributed by atoms with Crippen molar-refractivity contribution in [3.63, 3.8) is 0 Å². The number of nitrogens with one attached hydrogen (secondary N) is 1. The van der Waals surface area contributed by atoms with Crippen LogP contribution >= 0.6 is 0 Å². The van der Waals surface area contributed by atoms with Gasteiger partial charge in [0.05, 0.1) is 23.2 Å². The summed E-state index contributed by atoms with van der Waals surface area (Å²) in [6, 6.07) is 7.09. The van der Waals surface area contributed by atoms with E-state index in [-0.39, 0.29) is 23.3 Å². The maximum absolute atomic E-state index is 13.5. The minimum atomic E-state index is -2.71. The van der Waals surface area contributed by atoms with E-state index in [1.54, 1.807) is 18.2 Å². The summed E-state index contributed by atoms with van der Waals surface area (Å²) in [5, 5.41) is 12.2. The number of rotatable bonds is 4. The van der Waals surface area contributed by atoms with E-state index in [9.17, 15) is 13.6 Å². The third-order valence-electron chi connectivity index (χ3n) is 5.59. The molecule has 0 saturated carbocycles. The maximum Gasteiger partial charge on any atom is 0.312 e. The van der Waals surface area contributed by atoms with Crippen LogP contribution in [0.25, 0.3) is 17.2 Å². The Morgan fingerprint density at radius 1 is 1.15 bits per heavy atom. The normalized spacial score (nSPS) is 15.7. The molecule has 6 rings (SSSR count). The average molecular weight is 463 g/mol. The van der Waals surface area contributed by atoms with Gasteiger partial charge in [0.15, 0.2) is 0 Å². The zero-order chi connectivity index (χ0) is 23.2. The molecule has 6 heterocycles. The molecule has 13 heteroatoms. The summed E-state index contributed by atoms with van der Waals surface area (Å²) in [7, 11) is 0. The number of carbonyl (C=O) groups is 1. The SMILES string of the molecule is O=C(c1nnc(-c2ncccn2)o1)N1CCc2[nH]cnc2[C@H]1c1cc2cccc(C(F)F)n2n1. The number of amides is 1. The molecular formula is C21H15F2N9O2. The Bertz CT molecular complexity index is 1490. The Balaban J connectivity index is 1.42. The summed E-state index contributed by atoms with van der Waals surface area (Å²) in [5.41, 5.74) is 2.03. The van der Waals surface area contributed by atoms with Crippen molar-refractivity contribution in [3.05, 3.63) is 77.7 Å². The number of nitrogens with zero attached hydrogens (tertiary/aromatic N) is 8. The number of carbonyl (C=O) groups excluding carboxylic acids is 1. The van der Waals surface area contributed by atoms with Gasteiger partial charge in [-0.2, -0.15) is 5.10 Å². The highest BCUT2D eigenvalue weighted by atomic mass is 19.3. The van der Waals surface area contributed by atoms with E-state index in [0.29, 0.717) is 29.9 Å². The summed E-state index contributed by atoms with van der Waals surface area (Å²) >= 11 is 0. The van der Waals surface area contributed by atoms with Gasteiger partial charge in [-0.05, 0) is 24.3 Å². The van der Waals surface area contributed by atoms with E-state index in [2.05, 4.69) is 35.2 Å². The number of aromatic amines is 1. The fourth-order valence-electron chi connectivity index (χ4n) is 4.08. The van der Waals surface area contributed by atoms with Crippen LogP contribution in [0.2, 0.25) is 0 Å². The number of hydrogen-bond donors (Lipinski definition) is 1. The highest BCUT2D eigenvalue weighted by Gasteiger charge is 2.38. The van der Waals surface area contributed by atoms with E-state index >= 15 is 0 Å². The van der Waals surface area contributed by atoms with Gasteiger partial charge in [0.25, 0.3) is 12.3 Å². The second-order valence-electron chi connectivity index (χ2n) is 7.56. The third-order valence-corrected chi connectivity index (χ3v) is 5.59. The monoisotopic (exact) mass is 463 g/mol. The molecule has 0 saturated heterocycles. The number of H-pyrrole nitrogens is 1. The van der Waals surface area contributed by atoms with Gasteiger partial charge in [-0.15, -0.1) is 10.2 Å². The lowest BCUT2D eigenvalue weighted by molar-refractivity contribution is 0.0646. The van der Waals surface area contributed by atoms with Crippen molar-refractivity contribution in [2.75, 3.05) is 6.54 Å². The van der Waals surface area contributed by atoms with Crippen LogP contribution in [0.4, 0.5) is 8.78 Å². The van der Waals surface area contributed by atoms with Crippen molar-refractivity contribution in [2.45, 2.75) is 18.9 Å². The van der Waals surface area contributed by atoms with Crippen molar-refractivity contribution in [1.29, 1.82) is 0 Å². The zero-order valence-corrected chi connectivity index (χ0v) is 17.3. The highest BCUT2D eigenvalue weighted by Crippen LogP contribution is 2.35. The van der Waals surface area contributed by atoms with Crippen molar-refractivity contribution in [3.8, 4) is 11.7 Å². The number of imidazole rings is 1. The van der Waals surface area contributed by atoms with Crippen LogP contribution in [0.15, 0.2) is 53.5 Å². The molecule has 5 aromatic rings. The first kappa shape index (κ1) is 20.1. The van der Waals surface area contributed by atoms with Crippen molar-refractivity contribution in [2.24, 2.45) is 0 Å². The fraction of sp³-hybridized carbons (Fsp3) is 0.190. The molecule has 1 amide bonds. The lowest BCUT2D eigenvalue weighted by atomic mass is 9.99. The fourth-order valence-corrected chi connectivity index (χ4v) is 4.08. The van der Waals surface area contributed by atoms with Crippen LogP contribution in [0.1, 0.15) is 45.9 Å². The summed E-state index contributed by atoms with van der Waals surface area (Å²) < 4.78 is 33.8. The predicted octanol–water partition coefficient (Wildman–Crippen LogP) is 2.62. The van der Waals surface area contributed by atoms with Gasteiger partial charge >= 0.3 is 11.8 Å². The first-order chi connectivity index (χ1) is 16.6. The number of fused-ring (bicyclic) bond motifs is 2. The van der Waals surface area contributed by atoms with Gasteiger partial charge in [-0.3, -0.25) is 4.79 Å². The number of halogens is 2. The number of alkyl halides is 2. The molecule has 170 valence electrons. The van der Waals surface area contributed by atoms with Gasteiger partial charge < -0.3 is 14.3 Å². The number of pyridine rings is 1. The van der Waals surface area contributed by atoms with E-state index < -0.39 is 18.4 Å². The Morgan fingerprint density at radius 2 is 2.00 bits per heavy atom. The molecule has 0 aromatic carbocycles. The average Bonchev–Trinajstić information content (AvgIpc) is 3.62. The standard InChI is InChI=1S/C21H15F2N9O2/c22-17(23)14-4-1-3-11-9-13(30-32(11)14)16-15-12(26-10-27-15)5-8-31(16)21(33)20-29-28-19(34-20)18-24-6-2-7-25-18/h1-4,6-7,9-10,16-17H,5,8H2,(H,26,27)/t16-/m1/s1. The first-order valence-electron chi connectivity index (χ1n) is 10.3. The Labute approximate surface area is 189 Å². The molecule has 34 heavy (non-hydrogen) atoms. The molecule has 11 nitrogen and oxygen atoms in total. The lowest BCUT2D eigenvalue weighted by Gasteiger charge is -2.32. The predicted molar refractivity (Wildman–Crippen MR) is 111 cm³/mol. The van der Waals surface area contributed by atoms with Crippen LogP contribution in [0.3, 0.4) is 0 Å². The quantitative estimate of drug-likeness (QED) is 0.430. The summed E-state index contributed by atoms with van der Waals surface area (Å²) in [4.78, 5) is 30.5. The van der Waals surface area contributed by atoms with Crippen LogP contribution in [-0.2, 0) is 6.42 Å². The van der Waals surface area contributed by atoms with Gasteiger partial charge in [0.2, 0.25) is 5.82 Å². The smallest absolute Gasteiger partial charge is 0.312 e. The van der Waals surface area contributed by atoms with Gasteiger partial charge in [-0.1, -0.05) is 6.07 Å². The second kappa shape index (κ2) is 7.79. The van der Waals surface area contributed by atoms with E-state index in [4.69, 9.17) is 4.42 Å². The molecule has 0 radical (unpaired) electrons. The minimum Gasteiger partial charge on any atom is -0.409 e. The minimum absolute atomic E-state index is 0.00673. The summed E-state index contributed by atoms with van der Waals surface area (Å²) in [6.45, 7) is 0.299. The molecule has 0 unspecified atom stereocenters. The largest absolute Gasteiger partial charge is 0.409 e. The molecular weight excluding hydrogens is 448 g/mol. The van der Waals surface area contributed by atoms with Crippen molar-refractivity contribution < 1.29 is 18.0 Å². The molecule has 1 aliphatic heterocycles. The van der Waals surface area contributed by atoms with Gasteiger partial charge in [0.1, 0.15) is 11.7 Å². The molecule has 0 bridgehead atoms. The highest BCUT2D eigenvalue weighted by molar-refractivity contribution is 5.90. The molecule has 0 aliphatic carbocycles. The third kappa shape index (κ3) is 3.20. The number of aromatic nitrogens is 8. The second-order valence-corrected chi connectivity index (χ2v) is 7.56. The van der Waals surface area contributed by atoms with E-state index in [1.165, 1.54) is 40.3 Å². The van der Waals surface area contributed by atoms with Crippen LogP contribution in [-0.4, -0.2) is 57.1 Å². The molecule has 0 fully saturated rings. The molecule has 5 aromatic heterocycles. The maximum atomic E-state index is 13.5. The first-order valence-corrected chi connectivity index (χ1v) is 10.3. The van der Waals surface area contributed by atoms with Gasteiger partial charge in [0, 0.05) is 31.1 Å². The number of hydrogen-bond acceptors (Lipinski definition) is 8. The van der Waals surface area contributed by atoms with Gasteiger partial charge in [-0.25, -0.2) is 28.2 Å². The Hall–Kier alpha value is -4.55. The summed E-state index contributed by atoms with van der Waals surface area (Å²) in [5.74, 6) is -0.589. The molecule has 0 spiro atoms. The van der Waals surface area contributed by atoms with Crippen molar-refractivity contribution in [1.82, 2.24) is 44.6 Å². The van der Waals surface area contributed by atoms with E-state index in [0.717, 1.165) is 5.69 Å². The van der Waals surface area contributed by atoms with Crippen LogP contribution in [0.5, 0.6) is 0 Å².